The van der Waals surface area contributed by atoms with E-state index in [4.69, 9.17) is 4.74 Å². The molecule has 2 aromatic carbocycles. The molecular formula is C20H24N2O4S. The average molecular weight is 388 g/mol. The Labute approximate surface area is 160 Å². The minimum absolute atomic E-state index is 0.00273. The molecule has 0 aliphatic carbocycles. The summed E-state index contributed by atoms with van der Waals surface area (Å²) in [7, 11) is -3.80. The van der Waals surface area contributed by atoms with Gasteiger partial charge in [0.2, 0.25) is 15.9 Å². The van der Waals surface area contributed by atoms with Crippen LogP contribution in [0.4, 0.5) is 0 Å². The van der Waals surface area contributed by atoms with Crippen LogP contribution in [-0.4, -0.2) is 39.6 Å². The minimum Gasteiger partial charge on any atom is -0.376 e. The number of hydrogen-bond acceptors (Lipinski definition) is 4. The van der Waals surface area contributed by atoms with E-state index in [9.17, 15) is 13.2 Å². The van der Waals surface area contributed by atoms with Gasteiger partial charge in [-0.1, -0.05) is 48.5 Å². The Balaban J connectivity index is 1.73. The van der Waals surface area contributed by atoms with E-state index < -0.39 is 16.1 Å². The number of nitrogens with one attached hydrogen (secondary N) is 2. The van der Waals surface area contributed by atoms with E-state index in [1.165, 1.54) is 12.1 Å². The molecule has 0 bridgehead atoms. The molecule has 7 heteroatoms. The molecule has 0 saturated carbocycles. The molecule has 1 aliphatic heterocycles. The van der Waals surface area contributed by atoms with Gasteiger partial charge in [-0.2, -0.15) is 4.72 Å². The van der Waals surface area contributed by atoms with Crippen molar-refractivity contribution in [2.24, 2.45) is 0 Å². The van der Waals surface area contributed by atoms with Gasteiger partial charge in [0, 0.05) is 13.2 Å². The van der Waals surface area contributed by atoms with Gasteiger partial charge in [0.25, 0.3) is 0 Å². The van der Waals surface area contributed by atoms with Crippen LogP contribution in [0.2, 0.25) is 0 Å². The monoisotopic (exact) mass is 388 g/mol. The van der Waals surface area contributed by atoms with E-state index >= 15 is 0 Å². The van der Waals surface area contributed by atoms with E-state index in [0.717, 1.165) is 18.4 Å². The van der Waals surface area contributed by atoms with Gasteiger partial charge < -0.3 is 10.1 Å². The van der Waals surface area contributed by atoms with Crippen molar-refractivity contribution in [2.45, 2.75) is 36.3 Å². The van der Waals surface area contributed by atoms with Crippen LogP contribution in [0.3, 0.4) is 0 Å². The van der Waals surface area contributed by atoms with E-state index in [2.05, 4.69) is 10.0 Å². The van der Waals surface area contributed by atoms with Gasteiger partial charge in [0.15, 0.2) is 0 Å². The van der Waals surface area contributed by atoms with Gasteiger partial charge in [0.1, 0.15) is 6.04 Å². The lowest BCUT2D eigenvalue weighted by Gasteiger charge is -2.20. The molecule has 3 rings (SSSR count). The maximum absolute atomic E-state index is 12.7. The van der Waals surface area contributed by atoms with Crippen molar-refractivity contribution in [3.05, 3.63) is 66.2 Å². The first kappa shape index (κ1) is 19.5. The molecule has 1 saturated heterocycles. The predicted molar refractivity (Wildman–Crippen MR) is 103 cm³/mol. The van der Waals surface area contributed by atoms with Crippen molar-refractivity contribution in [3.63, 3.8) is 0 Å². The molecule has 2 N–H and O–H groups in total. The molecule has 0 unspecified atom stereocenters. The molecule has 1 amide bonds. The molecular weight excluding hydrogens is 364 g/mol. The third-order valence-corrected chi connectivity index (χ3v) is 5.97. The Kier molecular flexibility index (Phi) is 6.60. The fraction of sp³-hybridized carbons (Fsp3) is 0.350. The van der Waals surface area contributed by atoms with Crippen LogP contribution in [0, 0.1) is 0 Å². The van der Waals surface area contributed by atoms with Gasteiger partial charge >= 0.3 is 0 Å². The van der Waals surface area contributed by atoms with Gasteiger partial charge in [0.05, 0.1) is 11.0 Å². The van der Waals surface area contributed by atoms with Gasteiger partial charge in [-0.25, -0.2) is 8.42 Å². The first-order valence-corrected chi connectivity index (χ1v) is 10.5. The third kappa shape index (κ3) is 5.63. The second-order valence-corrected chi connectivity index (χ2v) is 8.27. The van der Waals surface area contributed by atoms with Crippen LogP contribution < -0.4 is 10.0 Å². The highest BCUT2D eigenvalue weighted by Crippen LogP contribution is 2.13. The van der Waals surface area contributed by atoms with Gasteiger partial charge in [-0.3, -0.25) is 4.79 Å². The largest absolute Gasteiger partial charge is 0.376 e. The third-order valence-electron chi connectivity index (χ3n) is 4.48. The molecule has 27 heavy (non-hydrogen) atoms. The molecule has 1 heterocycles. The standard InChI is InChI=1S/C20H24N2O4S/c23-20(21-15-17-10-7-13-26-17)19(14-16-8-3-1-4-9-16)22-27(24,25)18-11-5-2-6-12-18/h1-6,8-9,11-12,17,19,22H,7,10,13-15H2,(H,21,23)/t17-,19+/m1/s1. The zero-order chi connectivity index (χ0) is 19.1. The number of amides is 1. The van der Waals surface area contributed by atoms with E-state index in [0.29, 0.717) is 13.2 Å². The van der Waals surface area contributed by atoms with Crippen LogP contribution in [0.25, 0.3) is 0 Å². The van der Waals surface area contributed by atoms with Crippen LogP contribution in [0.1, 0.15) is 18.4 Å². The van der Waals surface area contributed by atoms with Gasteiger partial charge in [-0.05, 0) is 37.0 Å². The SMILES string of the molecule is O=C(NC[C@H]1CCCO1)[C@H](Cc1ccccc1)NS(=O)(=O)c1ccccc1. The average Bonchev–Trinajstić information content (AvgIpc) is 3.20. The molecule has 0 spiro atoms. The number of hydrogen-bond donors (Lipinski definition) is 2. The highest BCUT2D eigenvalue weighted by Gasteiger charge is 2.27. The lowest BCUT2D eigenvalue weighted by atomic mass is 10.1. The molecule has 6 nitrogen and oxygen atoms in total. The molecule has 2 aromatic rings. The molecule has 0 aromatic heterocycles. The Bertz CT molecular complexity index is 835. The summed E-state index contributed by atoms with van der Waals surface area (Å²) in [6.45, 7) is 1.09. The van der Waals surface area contributed by atoms with Gasteiger partial charge in [-0.15, -0.1) is 0 Å². The van der Waals surface area contributed by atoms with Crippen molar-refractivity contribution in [1.29, 1.82) is 0 Å². The van der Waals surface area contributed by atoms with Crippen molar-refractivity contribution in [1.82, 2.24) is 10.0 Å². The fourth-order valence-electron chi connectivity index (χ4n) is 3.04. The molecule has 2 atom stereocenters. The van der Waals surface area contributed by atoms with E-state index in [1.54, 1.807) is 18.2 Å². The minimum atomic E-state index is -3.80. The fourth-order valence-corrected chi connectivity index (χ4v) is 4.25. The normalized spacial score (nSPS) is 18.1. The lowest BCUT2D eigenvalue weighted by molar-refractivity contribution is -0.123. The first-order valence-electron chi connectivity index (χ1n) is 9.05. The summed E-state index contributed by atoms with van der Waals surface area (Å²) in [6.07, 6.45) is 2.15. The topological polar surface area (TPSA) is 84.5 Å². The summed E-state index contributed by atoms with van der Waals surface area (Å²) in [4.78, 5) is 12.9. The van der Waals surface area contributed by atoms with E-state index in [1.807, 2.05) is 30.3 Å². The zero-order valence-corrected chi connectivity index (χ0v) is 15.8. The predicted octanol–water partition coefficient (Wildman–Crippen LogP) is 1.87. The Morgan fingerprint density at radius 3 is 2.37 bits per heavy atom. The van der Waals surface area contributed by atoms with Crippen LogP contribution in [-0.2, 0) is 26.0 Å². The number of ether oxygens (including phenoxy) is 1. The molecule has 0 radical (unpaired) electrons. The summed E-state index contributed by atoms with van der Waals surface area (Å²) in [5, 5.41) is 2.83. The number of sulfonamides is 1. The Hall–Kier alpha value is -2.22. The highest BCUT2D eigenvalue weighted by atomic mass is 32.2. The van der Waals surface area contributed by atoms with Crippen molar-refractivity contribution >= 4 is 15.9 Å². The molecule has 144 valence electrons. The lowest BCUT2D eigenvalue weighted by Crippen LogP contribution is -2.49. The summed E-state index contributed by atoms with van der Waals surface area (Å²) < 4.78 is 33.4. The first-order chi connectivity index (χ1) is 13.0. The zero-order valence-electron chi connectivity index (χ0n) is 15.0. The highest BCUT2D eigenvalue weighted by molar-refractivity contribution is 7.89. The Morgan fingerprint density at radius 2 is 1.74 bits per heavy atom. The van der Waals surface area contributed by atoms with Crippen LogP contribution >= 0.6 is 0 Å². The van der Waals surface area contributed by atoms with Crippen molar-refractivity contribution in [2.75, 3.05) is 13.2 Å². The molecule has 1 aliphatic rings. The maximum Gasteiger partial charge on any atom is 0.241 e. The Morgan fingerprint density at radius 1 is 1.07 bits per heavy atom. The summed E-state index contributed by atoms with van der Waals surface area (Å²) in [5.41, 5.74) is 0.880. The summed E-state index contributed by atoms with van der Waals surface area (Å²) >= 11 is 0. The van der Waals surface area contributed by atoms with Crippen molar-refractivity contribution < 1.29 is 17.9 Å². The van der Waals surface area contributed by atoms with Crippen LogP contribution in [0.15, 0.2) is 65.6 Å². The van der Waals surface area contributed by atoms with E-state index in [-0.39, 0.29) is 23.3 Å². The number of benzene rings is 2. The second-order valence-electron chi connectivity index (χ2n) is 6.56. The second kappa shape index (κ2) is 9.12. The molecule has 1 fully saturated rings. The van der Waals surface area contributed by atoms with Crippen LogP contribution in [0.5, 0.6) is 0 Å². The van der Waals surface area contributed by atoms with Crippen molar-refractivity contribution in [3.8, 4) is 0 Å². The quantitative estimate of drug-likeness (QED) is 0.723. The summed E-state index contributed by atoms with van der Waals surface area (Å²) in [6, 6.07) is 16.5. The smallest absolute Gasteiger partial charge is 0.241 e. The summed E-state index contributed by atoms with van der Waals surface area (Å²) in [5.74, 6) is -0.353. The number of rotatable bonds is 8. The number of carbonyl (C=O) groups is 1. The maximum atomic E-state index is 12.7. The number of carbonyl (C=O) groups excluding carboxylic acids is 1.